The molecule has 312 valence electrons. The second-order valence-corrected chi connectivity index (χ2v) is 15.6. The van der Waals surface area contributed by atoms with Gasteiger partial charge >= 0.3 is 16.5 Å². The summed E-state index contributed by atoms with van der Waals surface area (Å²) in [6.07, 6.45) is 4.77. The molecule has 17 heteroatoms. The normalized spacial score (nSPS) is 13.5. The predicted octanol–water partition coefficient (Wildman–Crippen LogP) is 5.68. The van der Waals surface area contributed by atoms with Crippen LogP contribution in [0.1, 0.15) is 93.7 Å². The van der Waals surface area contributed by atoms with Gasteiger partial charge in [-0.05, 0) is 62.3 Å². The lowest BCUT2D eigenvalue weighted by Gasteiger charge is -2.26. The number of anilines is 1. The summed E-state index contributed by atoms with van der Waals surface area (Å²) < 4.78 is 44.8. The van der Waals surface area contributed by atoms with Crippen molar-refractivity contribution in [3.63, 3.8) is 0 Å². The number of amides is 4. The lowest BCUT2D eigenvalue weighted by atomic mass is 10.0. The van der Waals surface area contributed by atoms with Crippen LogP contribution in [0.3, 0.4) is 0 Å². The van der Waals surface area contributed by atoms with Gasteiger partial charge in [-0.3, -0.25) is 37.3 Å². The van der Waals surface area contributed by atoms with Crippen molar-refractivity contribution in [2.75, 3.05) is 58.5 Å². The second-order valence-electron chi connectivity index (χ2n) is 13.5. The fourth-order valence-corrected chi connectivity index (χ4v) is 7.09. The smallest absolute Gasteiger partial charge is 0.396 e. The van der Waals surface area contributed by atoms with Crippen molar-refractivity contribution in [2.45, 2.75) is 89.7 Å². The van der Waals surface area contributed by atoms with E-state index in [4.69, 9.17) is 23.2 Å². The van der Waals surface area contributed by atoms with E-state index in [2.05, 4.69) is 22.5 Å². The molecule has 0 saturated carbocycles. The highest BCUT2D eigenvalue weighted by molar-refractivity contribution is 7.48. The molecule has 1 aliphatic rings. The molecule has 57 heavy (non-hydrogen) atoms. The van der Waals surface area contributed by atoms with Gasteiger partial charge in [0, 0.05) is 77.2 Å². The van der Waals surface area contributed by atoms with Gasteiger partial charge < -0.3 is 25.5 Å². The zero-order chi connectivity index (χ0) is 41.3. The minimum atomic E-state index is -3.76. The largest absolute Gasteiger partial charge is 0.474 e. The van der Waals surface area contributed by atoms with Gasteiger partial charge in [0.2, 0.25) is 23.6 Å². The molecule has 3 N–H and O–H groups in total. The molecule has 0 spiro atoms. The number of nitrogens with zero attached hydrogens (tertiary/aromatic N) is 2. The van der Waals surface area contributed by atoms with Crippen molar-refractivity contribution >= 4 is 45.8 Å². The van der Waals surface area contributed by atoms with Gasteiger partial charge in [-0.15, -0.1) is 0 Å². The lowest BCUT2D eigenvalue weighted by molar-refractivity contribution is -0.131. The first-order chi connectivity index (χ1) is 27.6. The number of hydrogen-bond acceptors (Lipinski definition) is 11. The SMILES string of the molecule is COP(=O)(OCCCCCCNC(=O)CCC(=O)N1Cc2ccccc2C#Cc2ccccc21)OCCCCC(=O)N(C)CC(CNC(=O)CCCCO)OP=O. The Morgan fingerprint density at radius 1 is 0.842 bits per heavy atom. The molecule has 0 aromatic heterocycles. The van der Waals surface area contributed by atoms with E-state index in [9.17, 15) is 28.3 Å². The molecule has 0 saturated heterocycles. The number of carbonyl (C=O) groups excluding carboxylic acids is 4. The molecule has 0 radical (unpaired) electrons. The van der Waals surface area contributed by atoms with Crippen LogP contribution in [0.15, 0.2) is 48.5 Å². The van der Waals surface area contributed by atoms with Gasteiger partial charge in [-0.25, -0.2) is 9.13 Å². The number of aliphatic hydroxyl groups excluding tert-OH is 1. The Labute approximate surface area is 337 Å². The Hall–Kier alpha value is -3.99. The summed E-state index contributed by atoms with van der Waals surface area (Å²) >= 11 is 0. The van der Waals surface area contributed by atoms with Gasteiger partial charge in [0.05, 0.1) is 25.4 Å². The van der Waals surface area contributed by atoms with E-state index >= 15 is 0 Å². The van der Waals surface area contributed by atoms with Crippen LogP contribution in [0.4, 0.5) is 5.69 Å². The van der Waals surface area contributed by atoms with Crippen molar-refractivity contribution in [1.82, 2.24) is 15.5 Å². The minimum Gasteiger partial charge on any atom is -0.396 e. The van der Waals surface area contributed by atoms with Crippen molar-refractivity contribution in [3.8, 4) is 11.8 Å². The number of likely N-dealkylation sites (N-methyl/N-ethyl adjacent to an activating group) is 1. The zero-order valence-electron chi connectivity index (χ0n) is 32.9. The first kappa shape index (κ1) is 47.4. The van der Waals surface area contributed by atoms with Gasteiger partial charge in [-0.2, -0.15) is 0 Å². The molecule has 0 bridgehead atoms. The number of rotatable bonds is 28. The Bertz CT molecular complexity index is 1720. The summed E-state index contributed by atoms with van der Waals surface area (Å²) in [6.45, 7) is 1.28. The average Bonchev–Trinajstić information content (AvgIpc) is 3.20. The summed E-state index contributed by atoms with van der Waals surface area (Å²) in [6, 6.07) is 15.3. The maximum Gasteiger partial charge on any atom is 0.474 e. The van der Waals surface area contributed by atoms with E-state index in [0.29, 0.717) is 45.2 Å². The van der Waals surface area contributed by atoms with Crippen LogP contribution in [-0.2, 0) is 52.9 Å². The first-order valence-corrected chi connectivity index (χ1v) is 21.6. The third kappa shape index (κ3) is 18.0. The second kappa shape index (κ2) is 26.8. The van der Waals surface area contributed by atoms with Gasteiger partial charge in [-0.1, -0.05) is 55.0 Å². The number of aliphatic hydroxyl groups is 1. The Morgan fingerprint density at radius 3 is 2.23 bits per heavy atom. The van der Waals surface area contributed by atoms with Crippen LogP contribution in [-0.4, -0.2) is 93.4 Å². The van der Waals surface area contributed by atoms with Crippen LogP contribution in [0, 0.1) is 11.8 Å². The Balaban J connectivity index is 1.24. The monoisotopic (exact) mass is 830 g/mol. The topological polar surface area (TPSA) is 190 Å². The maximum absolute atomic E-state index is 13.4. The summed E-state index contributed by atoms with van der Waals surface area (Å²) in [5, 5.41) is 14.4. The third-order valence-electron chi connectivity index (χ3n) is 9.07. The molecule has 4 amide bonds. The van der Waals surface area contributed by atoms with E-state index in [0.717, 1.165) is 41.6 Å². The molecule has 15 nitrogen and oxygen atoms in total. The number of phosphoric ester groups is 1. The molecular weight excluding hydrogens is 774 g/mol. The summed E-state index contributed by atoms with van der Waals surface area (Å²) in [5.41, 5.74) is 3.33. The molecule has 0 aliphatic carbocycles. The maximum atomic E-state index is 13.4. The minimum absolute atomic E-state index is 0.0120. The van der Waals surface area contributed by atoms with E-state index in [1.165, 1.54) is 12.0 Å². The number of phosphoric acid groups is 1. The third-order valence-corrected chi connectivity index (χ3v) is 10.9. The fraction of sp³-hybridized carbons (Fsp3) is 0.550. The van der Waals surface area contributed by atoms with E-state index < -0.39 is 22.6 Å². The summed E-state index contributed by atoms with van der Waals surface area (Å²) in [4.78, 5) is 53.6. The number of fused-ring (bicyclic) bond motifs is 2. The zero-order valence-corrected chi connectivity index (χ0v) is 34.7. The van der Waals surface area contributed by atoms with E-state index in [-0.39, 0.29) is 82.2 Å². The molecule has 2 atom stereocenters. The van der Waals surface area contributed by atoms with Gasteiger partial charge in [0.1, 0.15) is 6.10 Å². The molecular formula is C40H56N4O11P2. The van der Waals surface area contributed by atoms with Crippen molar-refractivity contribution in [1.29, 1.82) is 0 Å². The van der Waals surface area contributed by atoms with E-state index in [1.807, 2.05) is 48.5 Å². The van der Waals surface area contributed by atoms with Gasteiger partial charge in [0.15, 0.2) is 0 Å². The van der Waals surface area contributed by atoms with Crippen molar-refractivity contribution < 1.29 is 51.5 Å². The van der Waals surface area contributed by atoms with Crippen LogP contribution in [0.25, 0.3) is 0 Å². The van der Waals surface area contributed by atoms with Crippen LogP contribution in [0.5, 0.6) is 0 Å². The summed E-state index contributed by atoms with van der Waals surface area (Å²) in [5.74, 6) is 5.64. The van der Waals surface area contributed by atoms with Crippen LogP contribution in [0.2, 0.25) is 0 Å². The molecule has 2 aromatic rings. The average molecular weight is 831 g/mol. The number of carbonyl (C=O) groups is 4. The van der Waals surface area contributed by atoms with Gasteiger partial charge in [0.25, 0.3) is 0 Å². The van der Waals surface area contributed by atoms with Crippen LogP contribution >= 0.6 is 16.5 Å². The molecule has 1 heterocycles. The Morgan fingerprint density at radius 2 is 1.49 bits per heavy atom. The number of hydrogen-bond donors (Lipinski definition) is 3. The van der Waals surface area contributed by atoms with Crippen molar-refractivity contribution in [2.24, 2.45) is 0 Å². The fourth-order valence-electron chi connectivity index (χ4n) is 5.84. The van der Waals surface area contributed by atoms with Crippen LogP contribution < -0.4 is 15.5 Å². The van der Waals surface area contributed by atoms with Crippen molar-refractivity contribution in [3.05, 3.63) is 65.2 Å². The first-order valence-electron chi connectivity index (χ1n) is 19.4. The quantitative estimate of drug-likeness (QED) is 0.0544. The Kier molecular flexibility index (Phi) is 22.3. The molecule has 3 rings (SSSR count). The molecule has 1 aliphatic heterocycles. The molecule has 0 fully saturated rings. The highest BCUT2D eigenvalue weighted by Gasteiger charge is 2.25. The molecule has 2 aromatic carbocycles. The summed E-state index contributed by atoms with van der Waals surface area (Å²) in [7, 11) is -1.49. The predicted molar refractivity (Wildman–Crippen MR) is 215 cm³/mol. The highest BCUT2D eigenvalue weighted by Crippen LogP contribution is 2.48. The number of para-hydroxylation sites is 1. The number of benzene rings is 2. The number of nitrogens with one attached hydrogen (secondary N) is 2. The lowest BCUT2D eigenvalue weighted by Crippen LogP contribution is -2.41. The number of unbranched alkanes of at least 4 members (excludes halogenated alkanes) is 5. The standard InChI is InChI=1S/C40H56N4O11P2/c1-43(31-35(55-56-50)29-42-37(46)19-9-12-26-45)39(48)20-10-14-28-54-57(51,52-2)53-27-13-4-3-11-25-41-38(47)23-24-40(49)44-30-34-17-6-5-15-32(34)21-22-33-16-7-8-18-36(33)44/h5-8,15-18,35,45H,3-4,9-14,19-20,23-31H2,1-2H3,(H,41,47)(H,42,46). The van der Waals surface area contributed by atoms with E-state index in [1.54, 1.807) is 11.9 Å². The highest BCUT2D eigenvalue weighted by atomic mass is 31.2. The molecule has 2 unspecified atom stereocenters.